The first-order chi connectivity index (χ1) is 10.7. The van der Waals surface area contributed by atoms with Gasteiger partial charge in [0.25, 0.3) is 5.78 Å². The molecule has 0 fully saturated rings. The zero-order valence-corrected chi connectivity index (χ0v) is 12.7. The summed E-state index contributed by atoms with van der Waals surface area (Å²) in [7, 11) is 3.01. The Hall–Kier alpha value is -2.71. The number of carbonyl (C=O) groups is 1. The van der Waals surface area contributed by atoms with E-state index in [9.17, 15) is 18.0 Å². The summed E-state index contributed by atoms with van der Waals surface area (Å²) in [6.07, 6.45) is -3.97. The number of halogens is 3. The molecule has 0 atom stereocenters. The normalized spacial score (nSPS) is 12.3. The smallest absolute Gasteiger partial charge is 0.383 e. The molecule has 2 aromatic rings. The molecule has 122 valence electrons. The Balaban J connectivity index is 2.56. The number of aromatic nitrogens is 4. The largest absolute Gasteiger partial charge is 0.455 e. The Morgan fingerprint density at radius 1 is 1.22 bits per heavy atom. The number of hydrogen-bond acceptors (Lipinski definition) is 5. The van der Waals surface area contributed by atoms with Gasteiger partial charge in [0, 0.05) is 20.3 Å². The van der Waals surface area contributed by atoms with Gasteiger partial charge >= 0.3 is 6.18 Å². The molecular formula is C14H14F3N5O. The lowest BCUT2D eigenvalue weighted by Gasteiger charge is -2.13. The molecule has 23 heavy (non-hydrogen) atoms. The number of Topliss-reactive ketones (excluding diaryl/α,β-unsaturated/α-hetero) is 1. The molecule has 6 nitrogen and oxygen atoms in total. The standard InChI is InChI=1S/C14H14F3N5O/c1-9-4-6-10(7-5-9)22-13(18-19-20-22)11(8-21(2)3)12(23)14(15,16)17/h4-8H,1-3H3/b11-8+. The van der Waals surface area contributed by atoms with Gasteiger partial charge in [0.2, 0.25) is 0 Å². The summed E-state index contributed by atoms with van der Waals surface area (Å²) in [6.45, 7) is 1.87. The van der Waals surface area contributed by atoms with Gasteiger partial charge in [-0.2, -0.15) is 17.9 Å². The van der Waals surface area contributed by atoms with E-state index in [2.05, 4.69) is 15.5 Å². The lowest BCUT2D eigenvalue weighted by Crippen LogP contribution is -2.26. The quantitative estimate of drug-likeness (QED) is 0.805. The van der Waals surface area contributed by atoms with Crippen LogP contribution in [0.3, 0.4) is 0 Å². The second-order valence-corrected chi connectivity index (χ2v) is 5.08. The average molecular weight is 325 g/mol. The first-order valence-electron chi connectivity index (χ1n) is 6.55. The molecule has 0 aliphatic heterocycles. The first kappa shape index (κ1) is 16.7. The number of rotatable bonds is 4. The maximum absolute atomic E-state index is 12.8. The van der Waals surface area contributed by atoms with Gasteiger partial charge in [-0.3, -0.25) is 4.79 Å². The van der Waals surface area contributed by atoms with Crippen molar-refractivity contribution in [2.75, 3.05) is 14.1 Å². The molecule has 2 rings (SSSR count). The van der Waals surface area contributed by atoms with Gasteiger partial charge in [0.1, 0.15) is 0 Å². The van der Waals surface area contributed by atoms with Crippen LogP contribution in [0, 0.1) is 6.92 Å². The van der Waals surface area contributed by atoms with Crippen molar-refractivity contribution >= 4 is 11.4 Å². The van der Waals surface area contributed by atoms with Crippen LogP contribution in [-0.2, 0) is 4.79 Å². The molecule has 1 aromatic heterocycles. The second kappa shape index (κ2) is 6.19. The van der Waals surface area contributed by atoms with Crippen molar-refractivity contribution in [1.29, 1.82) is 0 Å². The minimum Gasteiger partial charge on any atom is -0.383 e. The van der Waals surface area contributed by atoms with E-state index >= 15 is 0 Å². The Morgan fingerprint density at radius 3 is 2.35 bits per heavy atom. The Labute approximate surface area is 130 Å². The molecule has 0 amide bonds. The molecular weight excluding hydrogens is 311 g/mol. The summed E-state index contributed by atoms with van der Waals surface area (Å²) >= 11 is 0. The zero-order valence-electron chi connectivity index (χ0n) is 12.7. The maximum atomic E-state index is 12.8. The number of carbonyl (C=O) groups excluding carboxylic acids is 1. The van der Waals surface area contributed by atoms with Crippen molar-refractivity contribution in [2.45, 2.75) is 13.1 Å². The number of benzene rings is 1. The highest BCUT2D eigenvalue weighted by Gasteiger charge is 2.43. The number of nitrogens with zero attached hydrogens (tertiary/aromatic N) is 5. The minimum absolute atomic E-state index is 0.273. The average Bonchev–Trinajstić information content (AvgIpc) is 2.92. The van der Waals surface area contributed by atoms with E-state index < -0.39 is 17.5 Å². The highest BCUT2D eigenvalue weighted by atomic mass is 19.4. The van der Waals surface area contributed by atoms with Crippen LogP contribution >= 0.6 is 0 Å². The molecule has 0 spiro atoms. The van der Waals surface area contributed by atoms with E-state index in [1.54, 1.807) is 24.3 Å². The fourth-order valence-corrected chi connectivity index (χ4v) is 1.84. The Bertz CT molecular complexity index is 732. The molecule has 0 unspecified atom stereocenters. The molecule has 0 N–H and O–H groups in total. The Morgan fingerprint density at radius 2 is 1.83 bits per heavy atom. The number of tetrazole rings is 1. The van der Waals surface area contributed by atoms with Crippen LogP contribution in [0.5, 0.6) is 0 Å². The summed E-state index contributed by atoms with van der Waals surface area (Å²) in [5.41, 5.74) is 0.794. The van der Waals surface area contributed by atoms with Gasteiger partial charge in [-0.15, -0.1) is 5.10 Å². The topological polar surface area (TPSA) is 63.9 Å². The van der Waals surface area contributed by atoms with Gasteiger partial charge in [0.15, 0.2) is 5.82 Å². The molecule has 0 saturated carbocycles. The van der Waals surface area contributed by atoms with E-state index in [4.69, 9.17) is 0 Å². The lowest BCUT2D eigenvalue weighted by atomic mass is 10.1. The van der Waals surface area contributed by atoms with Gasteiger partial charge in [-0.05, 0) is 29.5 Å². The van der Waals surface area contributed by atoms with E-state index in [-0.39, 0.29) is 5.82 Å². The van der Waals surface area contributed by atoms with Gasteiger partial charge in [0.05, 0.1) is 11.3 Å². The number of aryl methyl sites for hydroxylation is 1. The monoisotopic (exact) mass is 325 g/mol. The van der Waals surface area contributed by atoms with Crippen molar-refractivity contribution < 1.29 is 18.0 Å². The molecule has 0 aliphatic carbocycles. The predicted molar refractivity (Wildman–Crippen MR) is 76.6 cm³/mol. The summed E-state index contributed by atoms with van der Waals surface area (Å²) in [6, 6.07) is 6.84. The van der Waals surface area contributed by atoms with Crippen molar-refractivity contribution in [1.82, 2.24) is 25.1 Å². The van der Waals surface area contributed by atoms with Crippen molar-refractivity contribution in [3.63, 3.8) is 0 Å². The van der Waals surface area contributed by atoms with Crippen LogP contribution in [0.2, 0.25) is 0 Å². The molecule has 0 aliphatic rings. The minimum atomic E-state index is -5.02. The number of hydrogen-bond donors (Lipinski definition) is 0. The summed E-state index contributed by atoms with van der Waals surface area (Å²) in [5.74, 6) is -2.28. The van der Waals surface area contributed by atoms with E-state index in [1.807, 2.05) is 6.92 Å². The third-order valence-electron chi connectivity index (χ3n) is 2.88. The van der Waals surface area contributed by atoms with E-state index in [0.717, 1.165) is 16.4 Å². The fourth-order valence-electron chi connectivity index (χ4n) is 1.84. The molecule has 9 heteroatoms. The second-order valence-electron chi connectivity index (χ2n) is 5.08. The van der Waals surface area contributed by atoms with Gasteiger partial charge in [-0.1, -0.05) is 17.7 Å². The number of allylic oxidation sites excluding steroid dienone is 1. The van der Waals surface area contributed by atoms with E-state index in [1.165, 1.54) is 19.0 Å². The van der Waals surface area contributed by atoms with Crippen molar-refractivity contribution in [2.24, 2.45) is 0 Å². The summed E-state index contributed by atoms with van der Waals surface area (Å²) in [4.78, 5) is 13.0. The van der Waals surface area contributed by atoms with Crippen LogP contribution < -0.4 is 0 Å². The fraction of sp³-hybridized carbons (Fsp3) is 0.286. The molecule has 1 aromatic carbocycles. The lowest BCUT2D eigenvalue weighted by molar-refractivity contribution is -0.164. The van der Waals surface area contributed by atoms with Crippen LogP contribution in [0.25, 0.3) is 11.3 Å². The summed E-state index contributed by atoms with van der Waals surface area (Å²) < 4.78 is 39.6. The summed E-state index contributed by atoms with van der Waals surface area (Å²) in [5, 5.41) is 10.7. The highest BCUT2D eigenvalue weighted by Crippen LogP contribution is 2.27. The van der Waals surface area contributed by atoms with Gasteiger partial charge in [-0.25, -0.2) is 0 Å². The van der Waals surface area contributed by atoms with Gasteiger partial charge < -0.3 is 4.90 Å². The third-order valence-corrected chi connectivity index (χ3v) is 2.88. The van der Waals surface area contributed by atoms with Crippen molar-refractivity contribution in [3.8, 4) is 5.69 Å². The highest BCUT2D eigenvalue weighted by molar-refractivity contribution is 6.22. The first-order valence-corrected chi connectivity index (χ1v) is 6.55. The maximum Gasteiger partial charge on any atom is 0.455 e. The third kappa shape index (κ3) is 3.74. The van der Waals surface area contributed by atoms with E-state index in [0.29, 0.717) is 5.69 Å². The SMILES string of the molecule is Cc1ccc(-n2nnnc2/C(=C/N(C)C)C(=O)C(F)(F)F)cc1. The van der Waals surface area contributed by atoms with Crippen LogP contribution in [-0.4, -0.2) is 51.2 Å². The zero-order chi connectivity index (χ0) is 17.2. The predicted octanol–water partition coefficient (Wildman–Crippen LogP) is 2.00. The molecule has 1 heterocycles. The number of alkyl halides is 3. The molecule has 0 radical (unpaired) electrons. The number of ketones is 1. The van der Waals surface area contributed by atoms with Crippen LogP contribution in [0.4, 0.5) is 13.2 Å². The Kier molecular flexibility index (Phi) is 4.48. The van der Waals surface area contributed by atoms with Crippen LogP contribution in [0.1, 0.15) is 11.4 Å². The van der Waals surface area contributed by atoms with Crippen molar-refractivity contribution in [3.05, 3.63) is 41.9 Å². The molecule has 0 saturated heterocycles. The van der Waals surface area contributed by atoms with Crippen LogP contribution in [0.15, 0.2) is 30.5 Å². The molecule has 0 bridgehead atoms.